The van der Waals surface area contributed by atoms with Gasteiger partial charge < -0.3 is 24.4 Å². The average Bonchev–Trinajstić information content (AvgIpc) is 3.22. The molecule has 0 radical (unpaired) electrons. The fraction of sp³-hybridized carbons (Fsp3) is 0.720. The van der Waals surface area contributed by atoms with E-state index in [1.807, 2.05) is 48.6 Å². The molecule has 0 aromatic rings. The lowest BCUT2D eigenvalue weighted by molar-refractivity contribution is -0.161. The van der Waals surface area contributed by atoms with Crippen LogP contribution in [0.3, 0.4) is 0 Å². The Bertz CT molecular complexity index is 1230. The number of carbonyl (C=O) groups is 2. The molecule has 10 heteroatoms. The highest BCUT2D eigenvalue weighted by atomic mass is 31.2. The zero-order valence-electron chi connectivity index (χ0n) is 38.1. The van der Waals surface area contributed by atoms with E-state index in [1.165, 1.54) is 103 Å². The Kier molecular flexibility index (Phi) is 41.3. The Morgan fingerprint density at radius 2 is 1.08 bits per heavy atom. The van der Waals surface area contributed by atoms with Gasteiger partial charge in [-0.2, -0.15) is 0 Å². The molecule has 9 nitrogen and oxygen atoms in total. The van der Waals surface area contributed by atoms with Crippen molar-refractivity contribution in [3.63, 3.8) is 0 Å². The van der Waals surface area contributed by atoms with Crippen LogP contribution < -0.4 is 0 Å². The highest BCUT2D eigenvalue weighted by Gasteiger charge is 2.22. The molecule has 0 aliphatic carbocycles. The topological polar surface area (TPSA) is 140 Å². The molecule has 2 unspecified atom stereocenters. The van der Waals surface area contributed by atoms with Crippen molar-refractivity contribution < 1.29 is 43.0 Å². The van der Waals surface area contributed by atoms with Crippen LogP contribution in [-0.2, 0) is 28.2 Å². The summed E-state index contributed by atoms with van der Waals surface area (Å²) in [7, 11) is -4.79. The molecule has 0 rings (SSSR count). The van der Waals surface area contributed by atoms with Crippen LogP contribution in [0.25, 0.3) is 0 Å². The smallest absolute Gasteiger partial charge is 0.462 e. The molecule has 0 heterocycles. The summed E-state index contributed by atoms with van der Waals surface area (Å²) in [6.07, 6.45) is 52.4. The van der Waals surface area contributed by atoms with Gasteiger partial charge in [0.05, 0.1) is 12.7 Å². The lowest BCUT2D eigenvalue weighted by atomic mass is 9.99. The average molecular weight is 863 g/mol. The van der Waals surface area contributed by atoms with Crippen LogP contribution in [0.4, 0.5) is 0 Å². The highest BCUT2D eigenvalue weighted by molar-refractivity contribution is 7.46. The largest absolute Gasteiger partial charge is 0.469 e. The van der Waals surface area contributed by atoms with Crippen LogP contribution in [0.15, 0.2) is 72.9 Å². The van der Waals surface area contributed by atoms with Gasteiger partial charge >= 0.3 is 19.8 Å². The van der Waals surface area contributed by atoms with Crippen LogP contribution in [0, 0.1) is 5.92 Å². The van der Waals surface area contributed by atoms with Crippen molar-refractivity contribution in [2.75, 3.05) is 13.2 Å². The van der Waals surface area contributed by atoms with E-state index in [9.17, 15) is 19.3 Å². The van der Waals surface area contributed by atoms with Gasteiger partial charge in [-0.3, -0.25) is 14.1 Å². The zero-order valence-corrected chi connectivity index (χ0v) is 39.0. The number of carbonyl (C=O) groups excluding carboxylic acids is 2. The van der Waals surface area contributed by atoms with Gasteiger partial charge in [-0.25, -0.2) is 4.57 Å². The van der Waals surface area contributed by atoms with Gasteiger partial charge in [-0.05, 0) is 50.9 Å². The van der Waals surface area contributed by atoms with Gasteiger partial charge in [0.2, 0.25) is 0 Å². The molecule has 0 saturated heterocycles. The zero-order chi connectivity index (χ0) is 44.2. The first-order valence-electron chi connectivity index (χ1n) is 23.7. The number of aliphatic hydroxyl groups is 1. The molecule has 60 heavy (non-hydrogen) atoms. The summed E-state index contributed by atoms with van der Waals surface area (Å²) in [4.78, 5) is 43.0. The second kappa shape index (κ2) is 43.1. The normalized spacial score (nSPS) is 14.2. The first-order chi connectivity index (χ1) is 29.1. The molecular weight excluding hydrogens is 776 g/mol. The van der Waals surface area contributed by atoms with E-state index in [0.717, 1.165) is 44.4 Å². The van der Waals surface area contributed by atoms with E-state index in [1.54, 1.807) is 6.08 Å². The van der Waals surface area contributed by atoms with Gasteiger partial charge in [0.25, 0.3) is 0 Å². The molecule has 0 amide bonds. The monoisotopic (exact) mass is 863 g/mol. The van der Waals surface area contributed by atoms with E-state index in [0.29, 0.717) is 25.7 Å². The number of hydrogen-bond acceptors (Lipinski definition) is 7. The van der Waals surface area contributed by atoms with Crippen molar-refractivity contribution in [2.24, 2.45) is 5.92 Å². The molecule has 0 aliphatic heterocycles. The van der Waals surface area contributed by atoms with Crippen molar-refractivity contribution in [2.45, 2.75) is 213 Å². The lowest BCUT2D eigenvalue weighted by Gasteiger charge is -2.18. The SMILES string of the molecule is CC/C=C\C/C=C\CC(O)/C=C/C=C\C/C=C\C/C=C\CCC(=O)OC[C@H](COP(=O)(O)O)OC(=O)CCCCCCCCCCCCCCCCCCCCC(C)CC. The third kappa shape index (κ3) is 45.0. The first-order valence-corrected chi connectivity index (χ1v) is 25.3. The van der Waals surface area contributed by atoms with Crippen LogP contribution >= 0.6 is 7.82 Å². The Balaban J connectivity index is 4.00. The summed E-state index contributed by atoms with van der Waals surface area (Å²) in [6, 6.07) is 0. The quantitative estimate of drug-likeness (QED) is 0.0180. The molecule has 0 fully saturated rings. The third-order valence-electron chi connectivity index (χ3n) is 10.4. The molecule has 0 aromatic carbocycles. The number of allylic oxidation sites excluding steroid dienone is 10. The number of aliphatic hydroxyl groups excluding tert-OH is 1. The fourth-order valence-electron chi connectivity index (χ4n) is 6.46. The molecule has 0 bridgehead atoms. The Morgan fingerprint density at radius 1 is 0.583 bits per heavy atom. The van der Waals surface area contributed by atoms with E-state index in [2.05, 4.69) is 43.5 Å². The molecule has 0 aromatic heterocycles. The van der Waals surface area contributed by atoms with Crippen LogP contribution in [-0.4, -0.2) is 52.3 Å². The summed E-state index contributed by atoms with van der Waals surface area (Å²) in [5, 5.41) is 9.98. The maximum atomic E-state index is 12.5. The van der Waals surface area contributed by atoms with Gasteiger partial charge in [0.15, 0.2) is 6.10 Å². The molecule has 0 saturated carbocycles. The van der Waals surface area contributed by atoms with E-state index in [4.69, 9.17) is 19.3 Å². The molecular formula is C50H87O9P. The van der Waals surface area contributed by atoms with Crippen LogP contribution in [0.5, 0.6) is 0 Å². The molecule has 0 aliphatic rings. The predicted molar refractivity (Wildman–Crippen MR) is 249 cm³/mol. The van der Waals surface area contributed by atoms with Crippen molar-refractivity contribution >= 4 is 19.8 Å². The standard InChI is InChI=1S/C50H87O9P/c1-4-6-7-8-30-35-40-47(51)41-36-31-26-22-19-20-23-27-32-37-42-49(52)57-44-48(45-58-60(54,55)56)59-50(53)43-38-33-28-24-18-16-14-12-10-9-11-13-15-17-21-25-29-34-39-46(3)5-2/h6-7,19-20,26-27,30-32,35-36,41,46-48,51H,4-5,8-18,21-25,28-29,33-34,37-40,42-45H2,1-3H3,(H2,54,55,56)/b7-6-,20-19-,31-26-,32-27-,35-30-,41-36+/t46?,47?,48-/m1/s1. The van der Waals surface area contributed by atoms with E-state index in [-0.39, 0.29) is 19.4 Å². The number of esters is 2. The number of ether oxygens (including phenoxy) is 2. The molecule has 3 N–H and O–H groups in total. The number of rotatable bonds is 42. The van der Waals surface area contributed by atoms with Crippen molar-refractivity contribution in [1.82, 2.24) is 0 Å². The summed E-state index contributed by atoms with van der Waals surface area (Å²) in [5.74, 6) is -0.117. The molecule has 3 atom stereocenters. The van der Waals surface area contributed by atoms with Crippen molar-refractivity contribution in [1.29, 1.82) is 0 Å². The van der Waals surface area contributed by atoms with Crippen molar-refractivity contribution in [3.8, 4) is 0 Å². The van der Waals surface area contributed by atoms with E-state index < -0.39 is 38.6 Å². The lowest BCUT2D eigenvalue weighted by Crippen LogP contribution is -2.29. The van der Waals surface area contributed by atoms with Gasteiger partial charge in [0, 0.05) is 12.8 Å². The Morgan fingerprint density at radius 3 is 1.63 bits per heavy atom. The van der Waals surface area contributed by atoms with Gasteiger partial charge in [-0.15, -0.1) is 0 Å². The minimum atomic E-state index is -4.79. The fourth-order valence-corrected chi connectivity index (χ4v) is 6.82. The van der Waals surface area contributed by atoms with E-state index >= 15 is 0 Å². The minimum Gasteiger partial charge on any atom is -0.462 e. The van der Waals surface area contributed by atoms with Crippen LogP contribution in [0.1, 0.15) is 201 Å². The maximum Gasteiger partial charge on any atom is 0.469 e. The number of phosphoric acid groups is 1. The number of unbranched alkanes of at least 4 members (excludes halogenated alkanes) is 17. The minimum absolute atomic E-state index is 0.117. The number of phosphoric ester groups is 1. The summed E-state index contributed by atoms with van der Waals surface area (Å²) in [6.45, 7) is 5.85. The van der Waals surface area contributed by atoms with Crippen molar-refractivity contribution in [3.05, 3.63) is 72.9 Å². The predicted octanol–water partition coefficient (Wildman–Crippen LogP) is 13.8. The number of hydrogen-bond donors (Lipinski definition) is 3. The Labute approximate surface area is 366 Å². The summed E-state index contributed by atoms with van der Waals surface area (Å²) in [5.41, 5.74) is 0. The second-order valence-corrected chi connectivity index (χ2v) is 17.4. The van der Waals surface area contributed by atoms with Gasteiger partial charge in [0.1, 0.15) is 6.61 Å². The second-order valence-electron chi connectivity index (χ2n) is 16.2. The molecule has 346 valence electrons. The molecule has 0 spiro atoms. The van der Waals surface area contributed by atoms with Crippen LogP contribution in [0.2, 0.25) is 0 Å². The summed E-state index contributed by atoms with van der Waals surface area (Å²) >= 11 is 0. The first kappa shape index (κ1) is 57.4. The summed E-state index contributed by atoms with van der Waals surface area (Å²) < 4.78 is 26.4. The van der Waals surface area contributed by atoms with Gasteiger partial charge in [-0.1, -0.05) is 216 Å². The highest BCUT2D eigenvalue weighted by Crippen LogP contribution is 2.36. The maximum absolute atomic E-state index is 12.5. The Hall–Kier alpha value is -2.55. The third-order valence-corrected chi connectivity index (χ3v) is 10.9.